The molecule has 0 aliphatic rings. The van der Waals surface area contributed by atoms with Crippen LogP contribution in [0.2, 0.25) is 0 Å². The number of nitrogens with zero attached hydrogens (tertiary/aromatic N) is 4. The second-order valence-corrected chi connectivity index (χ2v) is 3.20. The van der Waals surface area contributed by atoms with Gasteiger partial charge >= 0.3 is 5.97 Å². The second-order valence-electron chi connectivity index (χ2n) is 3.20. The number of carbonyl (C=O) groups is 2. The van der Waals surface area contributed by atoms with Crippen LogP contribution < -0.4 is 5.32 Å². The first-order valence-corrected chi connectivity index (χ1v) is 4.52. The zero-order valence-electron chi connectivity index (χ0n) is 8.71. The Labute approximate surface area is 94.4 Å². The normalized spacial score (nSPS) is 10.2. The van der Waals surface area contributed by atoms with Crippen LogP contribution in [0.5, 0.6) is 0 Å². The quantitative estimate of drug-likeness (QED) is 0.658. The van der Waals surface area contributed by atoms with Gasteiger partial charge in [0.25, 0.3) is 5.91 Å². The van der Waals surface area contributed by atoms with Gasteiger partial charge in [0.05, 0.1) is 12.4 Å². The summed E-state index contributed by atoms with van der Waals surface area (Å²) in [6.45, 7) is 0. The first-order chi connectivity index (χ1) is 8.08. The number of aromatic carboxylic acids is 1. The van der Waals surface area contributed by atoms with Gasteiger partial charge in [-0.3, -0.25) is 14.6 Å². The first kappa shape index (κ1) is 10.8. The van der Waals surface area contributed by atoms with Crippen LogP contribution in [0.4, 0.5) is 5.82 Å². The molecule has 0 fully saturated rings. The Hall–Kier alpha value is -2.71. The number of H-pyrrole nitrogens is 1. The average Bonchev–Trinajstić information content (AvgIpc) is 2.86. The van der Waals surface area contributed by atoms with Crippen LogP contribution in [0.3, 0.4) is 0 Å². The number of anilines is 1. The maximum absolute atomic E-state index is 11.6. The number of aromatic amines is 1. The fraction of sp³-hybridized carbons (Fsp3) is 0.125. The van der Waals surface area contributed by atoms with Crippen LogP contribution in [-0.4, -0.2) is 42.2 Å². The number of carbonyl (C=O) groups excluding carboxylic acids is 1. The number of aromatic nitrogens is 5. The minimum absolute atomic E-state index is 0.00755. The lowest BCUT2D eigenvalue weighted by Crippen LogP contribution is -2.15. The van der Waals surface area contributed by atoms with Gasteiger partial charge in [0.15, 0.2) is 5.69 Å². The number of amides is 1. The highest BCUT2D eigenvalue weighted by molar-refractivity contribution is 6.05. The van der Waals surface area contributed by atoms with E-state index in [1.54, 1.807) is 7.05 Å². The van der Waals surface area contributed by atoms with Crippen molar-refractivity contribution in [1.82, 2.24) is 25.2 Å². The van der Waals surface area contributed by atoms with Gasteiger partial charge in [0.1, 0.15) is 11.4 Å². The minimum atomic E-state index is -1.19. The van der Waals surface area contributed by atoms with Gasteiger partial charge in [-0.15, -0.1) is 5.10 Å². The lowest BCUT2D eigenvalue weighted by Gasteiger charge is -2.00. The van der Waals surface area contributed by atoms with Crippen LogP contribution in [0.15, 0.2) is 12.4 Å². The summed E-state index contributed by atoms with van der Waals surface area (Å²) in [5.74, 6) is -1.74. The number of hydrogen-bond acceptors (Lipinski definition) is 5. The number of aryl methyl sites for hydroxylation is 1. The number of rotatable bonds is 3. The van der Waals surface area contributed by atoms with Crippen molar-refractivity contribution in [3.63, 3.8) is 0 Å². The summed E-state index contributed by atoms with van der Waals surface area (Å²) < 4.78 is 1.36. The van der Waals surface area contributed by atoms with Crippen molar-refractivity contribution in [2.24, 2.45) is 7.05 Å². The molecule has 88 valence electrons. The monoisotopic (exact) mass is 236 g/mol. The topological polar surface area (TPSA) is 126 Å². The molecule has 9 heteroatoms. The Morgan fingerprint density at radius 1 is 1.53 bits per heavy atom. The van der Waals surface area contributed by atoms with E-state index in [1.807, 2.05) is 0 Å². The van der Waals surface area contributed by atoms with E-state index in [0.717, 1.165) is 6.20 Å². The zero-order valence-corrected chi connectivity index (χ0v) is 8.71. The fourth-order valence-corrected chi connectivity index (χ4v) is 1.17. The van der Waals surface area contributed by atoms with E-state index in [-0.39, 0.29) is 17.1 Å². The number of carboxylic acid groups (broad SMARTS) is 1. The Bertz CT molecular complexity index is 571. The zero-order chi connectivity index (χ0) is 12.4. The van der Waals surface area contributed by atoms with Crippen LogP contribution in [0.1, 0.15) is 20.8 Å². The lowest BCUT2D eigenvalue weighted by molar-refractivity contribution is 0.0698. The summed E-state index contributed by atoms with van der Waals surface area (Å²) in [5.41, 5.74) is -0.0410. The van der Waals surface area contributed by atoms with Gasteiger partial charge < -0.3 is 10.4 Å². The molecule has 2 heterocycles. The summed E-state index contributed by atoms with van der Waals surface area (Å²) in [4.78, 5) is 22.4. The van der Waals surface area contributed by atoms with E-state index >= 15 is 0 Å². The van der Waals surface area contributed by atoms with Crippen molar-refractivity contribution in [3.05, 3.63) is 23.7 Å². The largest absolute Gasteiger partial charge is 0.477 e. The third kappa shape index (κ3) is 2.12. The molecular formula is C8H8N6O3. The fourth-order valence-electron chi connectivity index (χ4n) is 1.17. The molecular weight excluding hydrogens is 228 g/mol. The maximum Gasteiger partial charge on any atom is 0.341 e. The van der Waals surface area contributed by atoms with Crippen molar-refractivity contribution in [2.75, 3.05) is 5.32 Å². The molecule has 0 aromatic carbocycles. The molecule has 17 heavy (non-hydrogen) atoms. The molecule has 2 rings (SSSR count). The van der Waals surface area contributed by atoms with E-state index in [4.69, 9.17) is 5.11 Å². The van der Waals surface area contributed by atoms with Crippen molar-refractivity contribution < 1.29 is 14.7 Å². The van der Waals surface area contributed by atoms with E-state index in [0.29, 0.717) is 0 Å². The Kier molecular flexibility index (Phi) is 2.57. The average molecular weight is 236 g/mol. The van der Waals surface area contributed by atoms with E-state index in [1.165, 1.54) is 10.9 Å². The molecule has 0 spiro atoms. The van der Waals surface area contributed by atoms with Crippen LogP contribution >= 0.6 is 0 Å². The third-order valence-electron chi connectivity index (χ3n) is 1.94. The predicted octanol–water partition coefficient (Wildman–Crippen LogP) is -0.511. The maximum atomic E-state index is 11.6. The molecule has 0 unspecified atom stereocenters. The molecule has 0 radical (unpaired) electrons. The Balaban J connectivity index is 2.18. The molecule has 0 bridgehead atoms. The van der Waals surface area contributed by atoms with Crippen molar-refractivity contribution >= 4 is 17.7 Å². The molecule has 0 saturated carbocycles. The third-order valence-corrected chi connectivity index (χ3v) is 1.94. The summed E-state index contributed by atoms with van der Waals surface area (Å²) >= 11 is 0. The Morgan fingerprint density at radius 3 is 2.88 bits per heavy atom. The van der Waals surface area contributed by atoms with Gasteiger partial charge in [0, 0.05) is 7.05 Å². The highest BCUT2D eigenvalue weighted by Crippen LogP contribution is 2.11. The standard InChI is InChI=1S/C8H8N6O3/c1-14-3-5(11-13-14)7(15)10-6-4(8(16)17)2-9-12-6/h2-3H,1H3,(H,16,17)(H2,9,10,12,15). The van der Waals surface area contributed by atoms with Crippen molar-refractivity contribution in [3.8, 4) is 0 Å². The molecule has 0 aliphatic heterocycles. The summed E-state index contributed by atoms with van der Waals surface area (Å²) in [6.07, 6.45) is 2.51. The van der Waals surface area contributed by atoms with Gasteiger partial charge in [-0.05, 0) is 0 Å². The summed E-state index contributed by atoms with van der Waals surface area (Å²) in [5, 5.41) is 24.2. The van der Waals surface area contributed by atoms with Gasteiger partial charge in [-0.25, -0.2) is 4.79 Å². The molecule has 0 aliphatic carbocycles. The Morgan fingerprint density at radius 2 is 2.29 bits per heavy atom. The second kappa shape index (κ2) is 4.04. The number of hydrogen-bond donors (Lipinski definition) is 3. The molecule has 0 atom stereocenters. The van der Waals surface area contributed by atoms with Crippen molar-refractivity contribution in [1.29, 1.82) is 0 Å². The smallest absolute Gasteiger partial charge is 0.341 e. The highest BCUT2D eigenvalue weighted by atomic mass is 16.4. The summed E-state index contributed by atoms with van der Waals surface area (Å²) in [7, 11) is 1.61. The van der Waals surface area contributed by atoms with Crippen molar-refractivity contribution in [2.45, 2.75) is 0 Å². The van der Waals surface area contributed by atoms with Crippen LogP contribution in [0.25, 0.3) is 0 Å². The van der Waals surface area contributed by atoms with Crippen LogP contribution in [-0.2, 0) is 7.05 Å². The van der Waals surface area contributed by atoms with Crippen LogP contribution in [0, 0.1) is 0 Å². The SMILES string of the molecule is Cn1cc(C(=O)Nc2[nH]ncc2C(=O)O)nn1. The summed E-state index contributed by atoms with van der Waals surface area (Å²) in [6, 6.07) is 0. The minimum Gasteiger partial charge on any atom is -0.477 e. The number of nitrogens with one attached hydrogen (secondary N) is 2. The molecule has 9 nitrogen and oxygen atoms in total. The molecule has 2 aromatic heterocycles. The predicted molar refractivity (Wildman–Crippen MR) is 54.5 cm³/mol. The van der Waals surface area contributed by atoms with Gasteiger partial charge in [-0.1, -0.05) is 5.21 Å². The van der Waals surface area contributed by atoms with E-state index in [9.17, 15) is 9.59 Å². The highest BCUT2D eigenvalue weighted by Gasteiger charge is 2.17. The number of carboxylic acids is 1. The van der Waals surface area contributed by atoms with Gasteiger partial charge in [-0.2, -0.15) is 5.10 Å². The molecule has 3 N–H and O–H groups in total. The first-order valence-electron chi connectivity index (χ1n) is 4.52. The van der Waals surface area contributed by atoms with Gasteiger partial charge in [0.2, 0.25) is 0 Å². The lowest BCUT2D eigenvalue weighted by atomic mass is 10.3. The molecule has 2 aromatic rings. The molecule has 0 saturated heterocycles. The molecule has 1 amide bonds. The van der Waals surface area contributed by atoms with E-state index < -0.39 is 11.9 Å². The van der Waals surface area contributed by atoms with E-state index in [2.05, 4.69) is 25.8 Å².